The van der Waals surface area contributed by atoms with Gasteiger partial charge in [0.15, 0.2) is 10.6 Å². The Balaban J connectivity index is 1.33. The topological polar surface area (TPSA) is 213 Å². The minimum Gasteiger partial charge on any atom is -0.454 e. The minimum absolute atomic E-state index is 0.00620. The first-order chi connectivity index (χ1) is 27.5. The van der Waals surface area contributed by atoms with E-state index in [1.807, 2.05) is 50.2 Å². The molecule has 0 aromatic heterocycles. The highest BCUT2D eigenvalue weighted by atomic mass is 32.2. The van der Waals surface area contributed by atoms with E-state index in [0.29, 0.717) is 65.0 Å². The Hall–Kier alpha value is -4.52. The molecule has 3 unspecified atom stereocenters. The number of fused-ring (bicyclic) bond motifs is 4. The fraction of sp³-hybridized carbons (Fsp3) is 0.561. The van der Waals surface area contributed by atoms with Crippen LogP contribution in [0.1, 0.15) is 128 Å². The number of carbonyl (C=O) groups excluding carboxylic acids is 3. The number of carbonyl (C=O) groups is 3. The van der Waals surface area contributed by atoms with Gasteiger partial charge >= 0.3 is 5.97 Å². The normalized spacial score (nSPS) is 22.9. The Kier molecular flexibility index (Phi) is 11.2. The molecule has 16 nitrogen and oxygen atoms in total. The van der Waals surface area contributed by atoms with Crippen molar-refractivity contribution in [1.82, 2.24) is 14.9 Å². The summed E-state index contributed by atoms with van der Waals surface area (Å²) in [5, 5.41) is 4.76. The van der Waals surface area contributed by atoms with Crippen LogP contribution in [0.25, 0.3) is 5.57 Å². The molecule has 0 radical (unpaired) electrons. The van der Waals surface area contributed by atoms with Gasteiger partial charge < -0.3 is 24.7 Å². The van der Waals surface area contributed by atoms with Crippen molar-refractivity contribution in [3.63, 3.8) is 0 Å². The molecule has 3 atom stereocenters. The Morgan fingerprint density at radius 1 is 0.898 bits per heavy atom. The average Bonchev–Trinajstić information content (AvgIpc) is 3.64. The summed E-state index contributed by atoms with van der Waals surface area (Å²) in [5.74, 6) is -1.92. The third-order valence-corrected chi connectivity index (χ3v) is 13.4. The van der Waals surface area contributed by atoms with E-state index < -0.39 is 60.4 Å². The zero-order valence-corrected chi connectivity index (χ0v) is 35.9. The molecule has 0 saturated carbocycles. The first-order valence-electron chi connectivity index (χ1n) is 20.2. The number of hydrogen-bond acceptors (Lipinski definition) is 13. The van der Waals surface area contributed by atoms with Crippen LogP contribution in [0.5, 0.6) is 11.5 Å². The van der Waals surface area contributed by atoms with Gasteiger partial charge in [-0.15, -0.1) is 5.06 Å². The van der Waals surface area contributed by atoms with E-state index in [1.165, 1.54) is 0 Å². The van der Waals surface area contributed by atoms with Gasteiger partial charge in [-0.2, -0.15) is 16.8 Å². The van der Waals surface area contributed by atoms with Crippen molar-refractivity contribution in [2.75, 3.05) is 24.2 Å². The van der Waals surface area contributed by atoms with Crippen LogP contribution < -0.4 is 20.6 Å². The van der Waals surface area contributed by atoms with Gasteiger partial charge in [0, 0.05) is 78.4 Å². The second kappa shape index (κ2) is 15.5. The van der Waals surface area contributed by atoms with Crippen molar-refractivity contribution < 1.29 is 49.9 Å². The number of amides is 2. The minimum atomic E-state index is -4.92. The third kappa shape index (κ3) is 8.86. The van der Waals surface area contributed by atoms with Crippen molar-refractivity contribution in [2.24, 2.45) is 4.99 Å². The van der Waals surface area contributed by atoms with E-state index in [0.717, 1.165) is 17.7 Å². The zero-order chi connectivity index (χ0) is 42.8. The number of benzene rings is 2. The summed E-state index contributed by atoms with van der Waals surface area (Å²) in [6.45, 7) is 12.9. The number of imide groups is 1. The first-order valence-corrected chi connectivity index (χ1v) is 23.2. The molecule has 7 rings (SSSR count). The van der Waals surface area contributed by atoms with Gasteiger partial charge in [-0.05, 0) is 94.9 Å². The van der Waals surface area contributed by atoms with Crippen LogP contribution in [0.4, 0.5) is 5.69 Å². The van der Waals surface area contributed by atoms with Crippen molar-refractivity contribution in [1.29, 1.82) is 0 Å². The van der Waals surface area contributed by atoms with Gasteiger partial charge in [-0.1, -0.05) is 20.3 Å². The Morgan fingerprint density at radius 3 is 2.19 bits per heavy atom. The van der Waals surface area contributed by atoms with Crippen LogP contribution in [-0.4, -0.2) is 94.7 Å². The van der Waals surface area contributed by atoms with Crippen LogP contribution >= 0.6 is 0 Å². The molecule has 3 N–H and O–H groups in total. The highest BCUT2D eigenvalue weighted by molar-refractivity contribution is 7.86. The molecule has 5 heterocycles. The lowest BCUT2D eigenvalue weighted by Crippen LogP contribution is -2.45. The molecule has 320 valence electrons. The van der Waals surface area contributed by atoms with E-state index in [2.05, 4.69) is 37.1 Å². The van der Waals surface area contributed by atoms with Crippen LogP contribution in [0.2, 0.25) is 0 Å². The van der Waals surface area contributed by atoms with Crippen molar-refractivity contribution in [3.8, 4) is 11.5 Å². The molecular weight excluding hydrogens is 803 g/mol. The van der Waals surface area contributed by atoms with Gasteiger partial charge in [0.25, 0.3) is 32.1 Å². The lowest BCUT2D eigenvalue weighted by atomic mass is 9.79. The summed E-state index contributed by atoms with van der Waals surface area (Å²) in [6, 6.07) is 5.87. The highest BCUT2D eigenvalue weighted by Gasteiger charge is 2.41. The molecule has 1 saturated heterocycles. The van der Waals surface area contributed by atoms with Crippen LogP contribution in [0, 0.1) is 0 Å². The smallest absolute Gasteiger partial charge is 0.333 e. The third-order valence-electron chi connectivity index (χ3n) is 11.7. The molecule has 18 heteroatoms. The van der Waals surface area contributed by atoms with E-state index in [1.54, 1.807) is 0 Å². The van der Waals surface area contributed by atoms with Crippen LogP contribution in [0.3, 0.4) is 0 Å². The molecule has 0 bridgehead atoms. The maximum absolute atomic E-state index is 13.6. The number of rotatable bonds is 13. The number of nitrogens with zero attached hydrogens (tertiary/aromatic N) is 4. The summed E-state index contributed by atoms with van der Waals surface area (Å²) >= 11 is 0. The quantitative estimate of drug-likeness (QED) is 0.142. The second-order valence-electron chi connectivity index (χ2n) is 17.7. The van der Waals surface area contributed by atoms with Gasteiger partial charge in [0.05, 0.1) is 16.6 Å². The number of ether oxygens (including phenoxy) is 1. The van der Waals surface area contributed by atoms with Gasteiger partial charge in [-0.25, -0.2) is 4.79 Å². The second-order valence-corrected chi connectivity index (χ2v) is 20.7. The standard InChI is InChI=1S/C41H53N5O11S2/c1-24-22-40(3,4)42-30-21-31-28(19-26(24)30)35(29-20-27-25(2)23-41(5,6)43-36(27)38(37(29)56-31)59(53,54)55)39-44(16-17-45(39)15-10-18-58(50,51)52)14-9-7-8-11-34(49)57-46-32(47)12-13-33(46)48/h16-17,19-21,24-25,39,42H,7-15,18,22-23H2,1-6H3,(H,50,51,52)(H,53,54,55). The van der Waals surface area contributed by atoms with Crippen molar-refractivity contribution >= 4 is 49.3 Å². The summed E-state index contributed by atoms with van der Waals surface area (Å²) in [7, 11) is -9.18. The van der Waals surface area contributed by atoms with Crippen LogP contribution in [-0.2, 0) is 39.5 Å². The lowest BCUT2D eigenvalue weighted by Gasteiger charge is -2.40. The molecule has 0 aliphatic carbocycles. The van der Waals surface area contributed by atoms with E-state index in [4.69, 9.17) is 14.6 Å². The molecule has 0 spiro atoms. The maximum Gasteiger partial charge on any atom is 0.333 e. The number of unbranched alkanes of at least 4 members (excludes halogenated alkanes) is 2. The molecule has 1 fully saturated rings. The van der Waals surface area contributed by atoms with Crippen molar-refractivity contribution in [2.45, 2.75) is 133 Å². The summed E-state index contributed by atoms with van der Waals surface area (Å²) in [5.41, 5.74) is 3.06. The molecule has 2 aromatic rings. The maximum atomic E-state index is 13.6. The highest BCUT2D eigenvalue weighted by Crippen LogP contribution is 2.47. The Bertz CT molecular complexity index is 2470. The molecule has 59 heavy (non-hydrogen) atoms. The predicted octanol–water partition coefficient (Wildman–Crippen LogP) is 4.70. The van der Waals surface area contributed by atoms with E-state index >= 15 is 0 Å². The Morgan fingerprint density at radius 2 is 1.54 bits per heavy atom. The van der Waals surface area contributed by atoms with E-state index in [9.17, 15) is 40.3 Å². The molecule has 5 aliphatic heterocycles. The number of nitrogens with one attached hydrogen (secondary N) is 1. The SMILES string of the molecule is CC1CC(C)(C)Nc2cc3c(cc21)C(C1N(CCCCCC(=O)ON2C(=O)CCC2=O)C=CN1CCCS(=O)(=O)O)=c1cc2c(c(S(=O)(=O)O)c1O3)=NC(C)(C)CC2C. The number of anilines is 1. The summed E-state index contributed by atoms with van der Waals surface area (Å²) in [6.07, 6.45) is 6.23. The van der Waals surface area contributed by atoms with Crippen LogP contribution in [0.15, 0.2) is 40.5 Å². The summed E-state index contributed by atoms with van der Waals surface area (Å²) < 4.78 is 78.0. The number of hydroxylamine groups is 2. The molecule has 5 aliphatic rings. The molecule has 2 amide bonds. The lowest BCUT2D eigenvalue weighted by molar-refractivity contribution is -0.197. The van der Waals surface area contributed by atoms with E-state index in [-0.39, 0.29) is 60.7 Å². The average molecular weight is 856 g/mol. The summed E-state index contributed by atoms with van der Waals surface area (Å²) in [4.78, 5) is 49.8. The van der Waals surface area contributed by atoms with Gasteiger partial charge in [0.2, 0.25) is 0 Å². The fourth-order valence-electron chi connectivity index (χ4n) is 9.35. The predicted molar refractivity (Wildman–Crippen MR) is 217 cm³/mol. The first kappa shape index (κ1) is 42.6. The largest absolute Gasteiger partial charge is 0.454 e. The van der Waals surface area contributed by atoms with Gasteiger partial charge in [-0.3, -0.25) is 23.7 Å². The monoisotopic (exact) mass is 855 g/mol. The molecular formula is C41H53N5O11S2. The molecule has 2 aromatic carbocycles. The van der Waals surface area contributed by atoms with Gasteiger partial charge in [0.1, 0.15) is 11.9 Å². The zero-order valence-electron chi connectivity index (χ0n) is 34.3. The fourth-order valence-corrected chi connectivity index (χ4v) is 10.6. The van der Waals surface area contributed by atoms with Crippen molar-refractivity contribution in [3.05, 3.63) is 57.9 Å². The Labute approximate surface area is 344 Å². The number of hydrogen-bond donors (Lipinski definition) is 3.